The van der Waals surface area contributed by atoms with Crippen molar-refractivity contribution in [3.8, 4) is 22.6 Å². The van der Waals surface area contributed by atoms with Gasteiger partial charge in [-0.3, -0.25) is 4.79 Å². The van der Waals surface area contributed by atoms with Crippen LogP contribution < -0.4 is 20.1 Å². The molecule has 1 saturated heterocycles. The highest BCUT2D eigenvalue weighted by Gasteiger charge is 2.34. The van der Waals surface area contributed by atoms with Crippen molar-refractivity contribution in [1.82, 2.24) is 9.88 Å². The first-order chi connectivity index (χ1) is 16.0. The van der Waals surface area contributed by atoms with Crippen LogP contribution in [-0.4, -0.2) is 62.0 Å². The topological polar surface area (TPSA) is 90.2 Å². The highest BCUT2D eigenvalue weighted by Crippen LogP contribution is 2.48. The number of pyridine rings is 1. The lowest BCUT2D eigenvalue weighted by molar-refractivity contribution is -0.134. The van der Waals surface area contributed by atoms with Crippen LogP contribution in [0.2, 0.25) is 0 Å². The molecule has 0 spiro atoms. The third-order valence-corrected chi connectivity index (χ3v) is 6.90. The minimum absolute atomic E-state index is 0.0857. The highest BCUT2D eigenvalue weighted by molar-refractivity contribution is 5.83. The van der Waals surface area contributed by atoms with Crippen LogP contribution in [0.4, 0.5) is 11.5 Å². The summed E-state index contributed by atoms with van der Waals surface area (Å²) in [7, 11) is 1.62. The summed E-state index contributed by atoms with van der Waals surface area (Å²) >= 11 is 0. The summed E-state index contributed by atoms with van der Waals surface area (Å²) in [4.78, 5) is 21.9. The van der Waals surface area contributed by atoms with Crippen molar-refractivity contribution in [2.75, 3.05) is 50.8 Å². The minimum Gasteiger partial charge on any atom is -0.454 e. The Bertz CT molecular complexity index is 1070. The van der Waals surface area contributed by atoms with Crippen LogP contribution in [0.15, 0.2) is 18.2 Å². The molecular formula is C25H32N4O4. The van der Waals surface area contributed by atoms with E-state index >= 15 is 0 Å². The van der Waals surface area contributed by atoms with Crippen LogP contribution in [-0.2, 0) is 9.53 Å². The van der Waals surface area contributed by atoms with E-state index < -0.39 is 0 Å². The van der Waals surface area contributed by atoms with Crippen LogP contribution in [0.3, 0.4) is 0 Å². The zero-order valence-electron chi connectivity index (χ0n) is 19.6. The second-order valence-electron chi connectivity index (χ2n) is 9.20. The number of anilines is 2. The molecule has 176 valence electrons. The van der Waals surface area contributed by atoms with Gasteiger partial charge in [0.2, 0.25) is 12.7 Å². The van der Waals surface area contributed by atoms with Gasteiger partial charge in [0.15, 0.2) is 17.3 Å². The molecule has 5 rings (SSSR count). The van der Waals surface area contributed by atoms with E-state index in [0.717, 1.165) is 52.5 Å². The number of amides is 1. The molecule has 1 aliphatic carbocycles. The van der Waals surface area contributed by atoms with Gasteiger partial charge in [0.1, 0.15) is 0 Å². The number of hydrogen-bond acceptors (Lipinski definition) is 7. The van der Waals surface area contributed by atoms with Crippen LogP contribution in [0.25, 0.3) is 11.1 Å². The maximum atomic E-state index is 12.5. The van der Waals surface area contributed by atoms with Gasteiger partial charge in [-0.1, -0.05) is 6.07 Å². The van der Waals surface area contributed by atoms with Gasteiger partial charge in [-0.05, 0) is 49.9 Å². The van der Waals surface area contributed by atoms with Crippen molar-refractivity contribution < 1.29 is 19.0 Å². The van der Waals surface area contributed by atoms with E-state index in [2.05, 4.69) is 24.8 Å². The molecule has 8 heteroatoms. The summed E-state index contributed by atoms with van der Waals surface area (Å²) in [6.07, 6.45) is 2.70. The molecule has 0 unspecified atom stereocenters. The van der Waals surface area contributed by atoms with Crippen molar-refractivity contribution in [2.45, 2.75) is 45.1 Å². The number of carbonyl (C=O) groups excluding carboxylic acids is 1. The Morgan fingerprint density at radius 3 is 2.76 bits per heavy atom. The largest absolute Gasteiger partial charge is 0.454 e. The number of benzene rings is 1. The van der Waals surface area contributed by atoms with Gasteiger partial charge in [0.05, 0.1) is 24.4 Å². The number of methoxy groups -OCH3 is 1. The van der Waals surface area contributed by atoms with Crippen molar-refractivity contribution in [1.29, 1.82) is 0 Å². The first-order valence-electron chi connectivity index (χ1n) is 11.7. The van der Waals surface area contributed by atoms with E-state index in [4.69, 9.17) is 24.9 Å². The molecule has 1 aromatic heterocycles. The number of hydrogen-bond donors (Lipinski definition) is 1. The van der Waals surface area contributed by atoms with E-state index in [1.807, 2.05) is 17.0 Å². The molecule has 2 aromatic rings. The third kappa shape index (κ3) is 4.08. The molecule has 2 aliphatic heterocycles. The fraction of sp³-hybridized carbons (Fsp3) is 0.520. The Balaban J connectivity index is 1.45. The van der Waals surface area contributed by atoms with Gasteiger partial charge < -0.3 is 29.7 Å². The molecule has 33 heavy (non-hydrogen) atoms. The van der Waals surface area contributed by atoms with Crippen molar-refractivity contribution in [2.24, 2.45) is 0 Å². The Labute approximate surface area is 194 Å². The van der Waals surface area contributed by atoms with Gasteiger partial charge in [-0.2, -0.15) is 0 Å². The smallest absolute Gasteiger partial charge is 0.231 e. The number of nitrogens with zero attached hydrogens (tertiary/aromatic N) is 3. The predicted molar refractivity (Wildman–Crippen MR) is 127 cm³/mol. The van der Waals surface area contributed by atoms with E-state index in [1.165, 1.54) is 0 Å². The van der Waals surface area contributed by atoms with E-state index in [1.54, 1.807) is 7.11 Å². The Morgan fingerprint density at radius 2 is 2.03 bits per heavy atom. The predicted octanol–water partition coefficient (Wildman–Crippen LogP) is 3.32. The number of nitrogen functional groups attached to an aromatic ring is 1. The summed E-state index contributed by atoms with van der Waals surface area (Å²) < 4.78 is 16.2. The maximum absolute atomic E-state index is 12.5. The van der Waals surface area contributed by atoms with E-state index in [9.17, 15) is 4.79 Å². The van der Waals surface area contributed by atoms with Crippen LogP contribution in [0, 0.1) is 6.92 Å². The van der Waals surface area contributed by atoms with Crippen molar-refractivity contribution in [3.63, 3.8) is 0 Å². The average molecular weight is 453 g/mol. The first kappa shape index (κ1) is 21.8. The number of fused-ring (bicyclic) bond motifs is 1. The molecule has 1 amide bonds. The van der Waals surface area contributed by atoms with Crippen molar-refractivity contribution >= 4 is 17.4 Å². The summed E-state index contributed by atoms with van der Waals surface area (Å²) in [5.74, 6) is 2.97. The fourth-order valence-corrected chi connectivity index (χ4v) is 4.89. The highest BCUT2D eigenvalue weighted by atomic mass is 16.7. The lowest BCUT2D eigenvalue weighted by atomic mass is 9.95. The lowest BCUT2D eigenvalue weighted by Gasteiger charge is -2.41. The SMILES string of the molecule is COCCC(=O)N1CCN(c2nc(C3CC3)c(-c3ccc4c(c3)OCO4)c(C)c2N)C[C@H]1C. The number of piperazine rings is 1. The Kier molecular flexibility index (Phi) is 5.78. The zero-order chi connectivity index (χ0) is 23.1. The number of rotatable bonds is 6. The molecule has 1 saturated carbocycles. The van der Waals surface area contributed by atoms with Gasteiger partial charge in [-0.15, -0.1) is 0 Å². The van der Waals surface area contributed by atoms with Gasteiger partial charge in [0.25, 0.3) is 0 Å². The molecule has 3 aliphatic rings. The molecule has 1 atom stereocenters. The maximum Gasteiger partial charge on any atom is 0.231 e. The molecule has 2 fully saturated rings. The second-order valence-corrected chi connectivity index (χ2v) is 9.20. The molecule has 3 heterocycles. The van der Waals surface area contributed by atoms with Crippen LogP contribution in [0.1, 0.15) is 43.4 Å². The molecule has 1 aromatic carbocycles. The van der Waals surface area contributed by atoms with E-state index in [-0.39, 0.29) is 18.7 Å². The standard InChI is InChI=1S/C25H32N4O4/c1-15-13-28(9-10-29(15)21(30)8-11-31-3)25-23(26)16(2)22(24(27-25)17-4-5-17)18-6-7-19-20(12-18)33-14-32-19/h6-7,12,15,17H,4-5,8-11,13-14,26H2,1-3H3/t15-/m1/s1. The molecular weight excluding hydrogens is 420 g/mol. The first-order valence-corrected chi connectivity index (χ1v) is 11.7. The van der Waals surface area contributed by atoms with Gasteiger partial charge >= 0.3 is 0 Å². The van der Waals surface area contributed by atoms with E-state index in [0.29, 0.717) is 44.3 Å². The molecule has 0 radical (unpaired) electrons. The third-order valence-electron chi connectivity index (χ3n) is 6.90. The van der Waals surface area contributed by atoms with Crippen LogP contribution in [0.5, 0.6) is 11.5 Å². The number of nitrogens with two attached hydrogens (primary N) is 1. The van der Waals surface area contributed by atoms with Gasteiger partial charge in [0, 0.05) is 44.3 Å². The average Bonchev–Trinajstić information content (AvgIpc) is 3.55. The molecule has 0 bridgehead atoms. The molecule has 2 N–H and O–H groups in total. The summed E-state index contributed by atoms with van der Waals surface area (Å²) in [6.45, 7) is 6.96. The summed E-state index contributed by atoms with van der Waals surface area (Å²) in [5, 5.41) is 0. The normalized spacial score (nSPS) is 19.8. The summed E-state index contributed by atoms with van der Waals surface area (Å²) in [5.41, 5.74) is 11.7. The summed E-state index contributed by atoms with van der Waals surface area (Å²) in [6, 6.07) is 6.14. The minimum atomic E-state index is 0.0857. The second kappa shape index (κ2) is 8.74. The monoisotopic (exact) mass is 452 g/mol. The number of carbonyl (C=O) groups is 1. The van der Waals surface area contributed by atoms with Crippen LogP contribution >= 0.6 is 0 Å². The molecule has 8 nitrogen and oxygen atoms in total. The lowest BCUT2D eigenvalue weighted by Crippen LogP contribution is -2.54. The Hall–Kier alpha value is -3.00. The quantitative estimate of drug-likeness (QED) is 0.719. The zero-order valence-corrected chi connectivity index (χ0v) is 19.6. The number of aromatic nitrogens is 1. The van der Waals surface area contributed by atoms with Crippen molar-refractivity contribution in [3.05, 3.63) is 29.5 Å². The fourth-order valence-electron chi connectivity index (χ4n) is 4.89. The van der Waals surface area contributed by atoms with Gasteiger partial charge in [-0.25, -0.2) is 4.98 Å². The number of ether oxygens (including phenoxy) is 3. The Morgan fingerprint density at radius 1 is 1.24 bits per heavy atom.